The number of nitrogens with one attached hydrogen (secondary N) is 1. The third-order valence-electron chi connectivity index (χ3n) is 2.65. The first-order valence-electron chi connectivity index (χ1n) is 5.46. The van der Waals surface area contributed by atoms with E-state index in [9.17, 15) is 9.59 Å². The Bertz CT molecular complexity index is 312. The molecule has 1 unspecified atom stereocenters. The maximum Gasteiger partial charge on any atom is 0.328 e. The van der Waals surface area contributed by atoms with Gasteiger partial charge < -0.3 is 10.4 Å². The van der Waals surface area contributed by atoms with Gasteiger partial charge in [0, 0.05) is 25.7 Å². The summed E-state index contributed by atoms with van der Waals surface area (Å²) in [4.78, 5) is 24.1. The summed E-state index contributed by atoms with van der Waals surface area (Å²) in [5, 5.41) is 11.4. The number of amides is 1. The molecule has 0 saturated carbocycles. The number of hydrogen-bond donors (Lipinski definition) is 2. The molecule has 0 spiro atoms. The quantitative estimate of drug-likeness (QED) is 0.673. The van der Waals surface area contributed by atoms with Crippen molar-refractivity contribution < 1.29 is 14.7 Å². The third kappa shape index (κ3) is 3.34. The number of rotatable bonds is 4. The van der Waals surface area contributed by atoms with Crippen LogP contribution in [0, 0.1) is 0 Å². The van der Waals surface area contributed by atoms with Crippen molar-refractivity contribution in [2.75, 3.05) is 19.6 Å². The molecule has 1 aliphatic rings. The van der Waals surface area contributed by atoms with Crippen LogP contribution in [0.25, 0.3) is 0 Å². The molecule has 0 aromatic rings. The van der Waals surface area contributed by atoms with Crippen molar-refractivity contribution in [3.63, 3.8) is 0 Å². The Morgan fingerprint density at radius 3 is 2.94 bits per heavy atom. The van der Waals surface area contributed by atoms with E-state index in [1.807, 2.05) is 11.8 Å². The van der Waals surface area contributed by atoms with Crippen molar-refractivity contribution in [1.82, 2.24) is 10.2 Å². The van der Waals surface area contributed by atoms with Crippen LogP contribution in [-0.2, 0) is 9.59 Å². The molecule has 5 heteroatoms. The second kappa shape index (κ2) is 5.65. The van der Waals surface area contributed by atoms with Gasteiger partial charge in [-0.25, -0.2) is 4.79 Å². The molecule has 1 atom stereocenters. The van der Waals surface area contributed by atoms with Gasteiger partial charge in [-0.3, -0.25) is 9.69 Å². The van der Waals surface area contributed by atoms with E-state index in [1.165, 1.54) is 6.08 Å². The summed E-state index contributed by atoms with van der Waals surface area (Å²) in [7, 11) is 0. The Morgan fingerprint density at radius 2 is 2.38 bits per heavy atom. The van der Waals surface area contributed by atoms with Gasteiger partial charge in [0.05, 0.1) is 6.04 Å². The first kappa shape index (κ1) is 12.7. The minimum absolute atomic E-state index is 0.0388. The molecule has 0 bridgehead atoms. The summed E-state index contributed by atoms with van der Waals surface area (Å²) in [5.41, 5.74) is 0.764. The zero-order valence-electron chi connectivity index (χ0n) is 9.69. The van der Waals surface area contributed by atoms with Crippen LogP contribution in [0.3, 0.4) is 0 Å². The summed E-state index contributed by atoms with van der Waals surface area (Å²) < 4.78 is 0. The molecule has 90 valence electrons. The highest BCUT2D eigenvalue weighted by atomic mass is 16.4. The maximum atomic E-state index is 11.6. The lowest BCUT2D eigenvalue weighted by atomic mass is 10.1. The van der Waals surface area contributed by atoms with Crippen LogP contribution >= 0.6 is 0 Å². The number of nitrogens with zero attached hydrogens (tertiary/aromatic N) is 1. The molecule has 16 heavy (non-hydrogen) atoms. The zero-order chi connectivity index (χ0) is 12.1. The van der Waals surface area contributed by atoms with Gasteiger partial charge in [-0.1, -0.05) is 12.5 Å². The SMILES string of the molecule is CCC1C(=O)NCCN1CC(C)=CC(=O)O. The van der Waals surface area contributed by atoms with Crippen molar-refractivity contribution in [3.8, 4) is 0 Å². The minimum atomic E-state index is -0.938. The molecule has 2 N–H and O–H groups in total. The average molecular weight is 226 g/mol. The van der Waals surface area contributed by atoms with Crippen LogP contribution in [-0.4, -0.2) is 47.6 Å². The molecule has 0 aromatic heterocycles. The molecule has 0 aliphatic carbocycles. The predicted molar refractivity (Wildman–Crippen MR) is 60.1 cm³/mol. The molecule has 0 radical (unpaired) electrons. The number of aliphatic carboxylic acids is 1. The molecule has 1 aliphatic heterocycles. The third-order valence-corrected chi connectivity index (χ3v) is 2.65. The van der Waals surface area contributed by atoms with E-state index in [-0.39, 0.29) is 11.9 Å². The first-order chi connectivity index (χ1) is 7.54. The van der Waals surface area contributed by atoms with Crippen molar-refractivity contribution in [3.05, 3.63) is 11.6 Å². The van der Waals surface area contributed by atoms with E-state index >= 15 is 0 Å². The number of carboxylic acid groups (broad SMARTS) is 1. The summed E-state index contributed by atoms with van der Waals surface area (Å²) >= 11 is 0. The van der Waals surface area contributed by atoms with Crippen LogP contribution in [0.15, 0.2) is 11.6 Å². The maximum absolute atomic E-state index is 11.6. The van der Waals surface area contributed by atoms with Crippen molar-refractivity contribution in [2.24, 2.45) is 0 Å². The normalized spacial score (nSPS) is 23.0. The van der Waals surface area contributed by atoms with Crippen molar-refractivity contribution >= 4 is 11.9 Å². The van der Waals surface area contributed by atoms with Gasteiger partial charge in [-0.2, -0.15) is 0 Å². The summed E-state index contributed by atoms with van der Waals surface area (Å²) in [6.45, 7) is 5.68. The Balaban J connectivity index is 2.64. The fourth-order valence-electron chi connectivity index (χ4n) is 1.97. The van der Waals surface area contributed by atoms with Crippen LogP contribution in [0.2, 0.25) is 0 Å². The van der Waals surface area contributed by atoms with Gasteiger partial charge >= 0.3 is 5.97 Å². The number of piperazine rings is 1. The lowest BCUT2D eigenvalue weighted by Crippen LogP contribution is -2.55. The fraction of sp³-hybridized carbons (Fsp3) is 0.636. The molecule has 1 fully saturated rings. The molecule has 1 saturated heterocycles. The standard InChI is InChI=1S/C11H18N2O3/c1-3-9-11(16)12-4-5-13(9)7-8(2)6-10(14)15/h6,9H,3-5,7H2,1-2H3,(H,12,16)(H,14,15). The Labute approximate surface area is 95.1 Å². The highest BCUT2D eigenvalue weighted by Gasteiger charge is 2.27. The fourth-order valence-corrected chi connectivity index (χ4v) is 1.97. The second-order valence-corrected chi connectivity index (χ2v) is 4.01. The van der Waals surface area contributed by atoms with Gasteiger partial charge in [-0.15, -0.1) is 0 Å². The topological polar surface area (TPSA) is 69.6 Å². The Kier molecular flexibility index (Phi) is 4.49. The summed E-state index contributed by atoms with van der Waals surface area (Å²) in [5.74, 6) is -0.899. The second-order valence-electron chi connectivity index (χ2n) is 4.01. The van der Waals surface area contributed by atoms with Gasteiger partial charge in [-0.05, 0) is 13.3 Å². The molecular formula is C11H18N2O3. The van der Waals surface area contributed by atoms with Crippen molar-refractivity contribution in [2.45, 2.75) is 26.3 Å². The first-order valence-corrected chi connectivity index (χ1v) is 5.46. The van der Waals surface area contributed by atoms with Gasteiger partial charge in [0.25, 0.3) is 0 Å². The highest BCUT2D eigenvalue weighted by Crippen LogP contribution is 2.10. The van der Waals surface area contributed by atoms with Crippen LogP contribution in [0.4, 0.5) is 0 Å². The summed E-state index contributed by atoms with van der Waals surface area (Å²) in [6, 6.07) is -0.133. The lowest BCUT2D eigenvalue weighted by molar-refractivity contribution is -0.131. The molecular weight excluding hydrogens is 208 g/mol. The zero-order valence-corrected chi connectivity index (χ0v) is 9.69. The molecule has 1 rings (SSSR count). The number of hydrogen-bond acceptors (Lipinski definition) is 3. The van der Waals surface area contributed by atoms with Crippen molar-refractivity contribution in [1.29, 1.82) is 0 Å². The molecule has 1 heterocycles. The van der Waals surface area contributed by atoms with E-state index in [0.29, 0.717) is 13.1 Å². The largest absolute Gasteiger partial charge is 0.478 e. The Morgan fingerprint density at radius 1 is 1.69 bits per heavy atom. The van der Waals surface area contributed by atoms with Crippen LogP contribution < -0.4 is 5.32 Å². The minimum Gasteiger partial charge on any atom is -0.478 e. The number of carbonyl (C=O) groups excluding carboxylic acids is 1. The number of carbonyl (C=O) groups is 2. The predicted octanol–water partition coefficient (Wildman–Crippen LogP) is 0.228. The molecule has 5 nitrogen and oxygen atoms in total. The highest BCUT2D eigenvalue weighted by molar-refractivity contribution is 5.82. The van der Waals surface area contributed by atoms with Gasteiger partial charge in [0.2, 0.25) is 5.91 Å². The lowest BCUT2D eigenvalue weighted by Gasteiger charge is -2.34. The average Bonchev–Trinajstić information content (AvgIpc) is 2.16. The monoisotopic (exact) mass is 226 g/mol. The van der Waals surface area contributed by atoms with Gasteiger partial charge in [0.1, 0.15) is 0 Å². The van der Waals surface area contributed by atoms with Crippen LogP contribution in [0.1, 0.15) is 20.3 Å². The number of carboxylic acids is 1. The van der Waals surface area contributed by atoms with E-state index in [1.54, 1.807) is 6.92 Å². The van der Waals surface area contributed by atoms with E-state index in [4.69, 9.17) is 5.11 Å². The van der Waals surface area contributed by atoms with Crippen LogP contribution in [0.5, 0.6) is 0 Å². The molecule has 0 aromatic carbocycles. The molecule has 1 amide bonds. The van der Waals surface area contributed by atoms with E-state index in [2.05, 4.69) is 5.32 Å². The summed E-state index contributed by atoms with van der Waals surface area (Å²) in [6.07, 6.45) is 1.94. The van der Waals surface area contributed by atoms with E-state index < -0.39 is 5.97 Å². The smallest absolute Gasteiger partial charge is 0.328 e. The van der Waals surface area contributed by atoms with E-state index in [0.717, 1.165) is 18.5 Å². The Hall–Kier alpha value is -1.36. The van der Waals surface area contributed by atoms with Gasteiger partial charge in [0.15, 0.2) is 0 Å².